The number of nitrogens with zero attached hydrogens (tertiary/aromatic N) is 3. The molecule has 3 rings (SSSR count). The Bertz CT molecular complexity index is 748. The van der Waals surface area contributed by atoms with Crippen LogP contribution in [0.15, 0.2) is 36.7 Å². The maximum Gasteiger partial charge on any atom is 0.217 e. The number of ether oxygens (including phenoxy) is 1. The van der Waals surface area contributed by atoms with Crippen LogP contribution in [-0.4, -0.2) is 14.8 Å². The third kappa shape index (κ3) is 1.99. The second-order valence-electron chi connectivity index (χ2n) is 4.42. The second-order valence-corrected chi connectivity index (χ2v) is 4.42. The van der Waals surface area contributed by atoms with Gasteiger partial charge in [-0.3, -0.25) is 4.98 Å². The van der Waals surface area contributed by atoms with E-state index >= 15 is 0 Å². The average Bonchev–Trinajstić information content (AvgIpc) is 2.72. The number of hydrogen-bond acceptors (Lipinski definition) is 4. The van der Waals surface area contributed by atoms with Crippen molar-refractivity contribution in [1.29, 1.82) is 0 Å². The molecule has 0 spiro atoms. The van der Waals surface area contributed by atoms with Crippen molar-refractivity contribution >= 4 is 16.5 Å². The maximum absolute atomic E-state index is 6.14. The van der Waals surface area contributed by atoms with Gasteiger partial charge in [-0.15, -0.1) is 0 Å². The quantitative estimate of drug-likeness (QED) is 0.714. The Morgan fingerprint density at radius 2 is 2.11 bits per heavy atom. The molecule has 3 aromatic rings. The molecule has 0 aliphatic heterocycles. The number of aromatic nitrogens is 3. The topological polar surface area (TPSA) is 66.0 Å². The van der Waals surface area contributed by atoms with Gasteiger partial charge in [0.05, 0.1) is 11.4 Å². The molecule has 0 amide bonds. The third-order valence-corrected chi connectivity index (χ3v) is 3.00. The van der Waals surface area contributed by atoms with E-state index in [1.165, 1.54) is 0 Å². The smallest absolute Gasteiger partial charge is 0.217 e. The van der Waals surface area contributed by atoms with E-state index in [0.717, 1.165) is 16.5 Å². The molecule has 2 aromatic heterocycles. The highest BCUT2D eigenvalue weighted by Crippen LogP contribution is 2.33. The molecule has 0 aliphatic carbocycles. The normalized spacial score (nSPS) is 10.8. The van der Waals surface area contributed by atoms with Gasteiger partial charge in [0.15, 0.2) is 5.75 Å². The number of pyridine rings is 1. The van der Waals surface area contributed by atoms with E-state index in [0.29, 0.717) is 17.3 Å². The summed E-state index contributed by atoms with van der Waals surface area (Å²) in [6.45, 7) is 1.92. The van der Waals surface area contributed by atoms with Crippen molar-refractivity contribution in [3.05, 3.63) is 42.4 Å². The first-order chi connectivity index (χ1) is 9.15. The Morgan fingerprint density at radius 3 is 2.84 bits per heavy atom. The minimum Gasteiger partial charge on any atom is -0.437 e. The summed E-state index contributed by atoms with van der Waals surface area (Å²) in [5.74, 6) is 1.29. The Hall–Kier alpha value is -2.56. The fourth-order valence-electron chi connectivity index (χ4n) is 2.06. The largest absolute Gasteiger partial charge is 0.437 e. The highest BCUT2D eigenvalue weighted by molar-refractivity contribution is 5.95. The molecule has 0 radical (unpaired) electrons. The number of hydrogen-bond donors (Lipinski definition) is 1. The molecule has 0 aliphatic rings. The van der Waals surface area contributed by atoms with Gasteiger partial charge in [0.1, 0.15) is 0 Å². The Labute approximate surface area is 110 Å². The van der Waals surface area contributed by atoms with Crippen molar-refractivity contribution in [2.75, 3.05) is 5.73 Å². The molecule has 0 fully saturated rings. The maximum atomic E-state index is 6.14. The Morgan fingerprint density at radius 1 is 1.26 bits per heavy atom. The fraction of sp³-hybridized carbons (Fsp3) is 0.143. The van der Waals surface area contributed by atoms with Crippen LogP contribution in [0.1, 0.15) is 5.69 Å². The van der Waals surface area contributed by atoms with E-state index in [-0.39, 0.29) is 0 Å². The summed E-state index contributed by atoms with van der Waals surface area (Å²) >= 11 is 0. The minimum atomic E-state index is 0.610. The summed E-state index contributed by atoms with van der Waals surface area (Å²) in [5, 5.41) is 6.17. The number of aryl methyl sites for hydroxylation is 2. The van der Waals surface area contributed by atoms with Crippen molar-refractivity contribution in [3.63, 3.8) is 0 Å². The van der Waals surface area contributed by atoms with Gasteiger partial charge in [0, 0.05) is 36.3 Å². The lowest BCUT2D eigenvalue weighted by molar-refractivity contribution is 0.433. The van der Waals surface area contributed by atoms with Crippen LogP contribution in [0, 0.1) is 6.92 Å². The van der Waals surface area contributed by atoms with E-state index in [2.05, 4.69) is 10.1 Å². The number of rotatable bonds is 2. The van der Waals surface area contributed by atoms with Crippen LogP contribution in [0.2, 0.25) is 0 Å². The zero-order valence-electron chi connectivity index (χ0n) is 10.8. The van der Waals surface area contributed by atoms with Crippen molar-refractivity contribution < 1.29 is 4.74 Å². The molecule has 0 unspecified atom stereocenters. The van der Waals surface area contributed by atoms with E-state index < -0.39 is 0 Å². The lowest BCUT2D eigenvalue weighted by Crippen LogP contribution is -1.98. The number of anilines is 1. The first-order valence-corrected chi connectivity index (χ1v) is 5.96. The summed E-state index contributed by atoms with van der Waals surface area (Å²) in [5.41, 5.74) is 7.65. The minimum absolute atomic E-state index is 0.610. The van der Waals surface area contributed by atoms with Crippen LogP contribution in [0.4, 0.5) is 5.69 Å². The van der Waals surface area contributed by atoms with E-state index in [1.54, 1.807) is 17.1 Å². The number of fused-ring (bicyclic) bond motifs is 1. The highest BCUT2D eigenvalue weighted by Gasteiger charge is 2.09. The monoisotopic (exact) mass is 254 g/mol. The molecule has 0 saturated heterocycles. The lowest BCUT2D eigenvalue weighted by atomic mass is 10.1. The molecular weight excluding hydrogens is 240 g/mol. The van der Waals surface area contributed by atoms with Gasteiger partial charge in [-0.1, -0.05) is 0 Å². The van der Waals surface area contributed by atoms with Crippen molar-refractivity contribution in [2.24, 2.45) is 7.05 Å². The molecule has 0 atom stereocenters. The first-order valence-electron chi connectivity index (χ1n) is 5.96. The second kappa shape index (κ2) is 4.28. The molecule has 5 nitrogen and oxygen atoms in total. The Kier molecular flexibility index (Phi) is 2.59. The van der Waals surface area contributed by atoms with Gasteiger partial charge < -0.3 is 10.5 Å². The molecule has 2 heterocycles. The van der Waals surface area contributed by atoms with Gasteiger partial charge in [0.25, 0.3) is 0 Å². The standard InChI is InChI=1S/C14H14N4O/c1-9-7-13(18(2)17-9)19-12-4-3-10-8-16-6-5-11(10)14(12)15/h3-8H,15H2,1-2H3. The van der Waals surface area contributed by atoms with Crippen LogP contribution in [0.5, 0.6) is 11.6 Å². The summed E-state index contributed by atoms with van der Waals surface area (Å²) < 4.78 is 7.51. The van der Waals surface area contributed by atoms with Gasteiger partial charge in [-0.05, 0) is 25.1 Å². The molecule has 1 aromatic carbocycles. The lowest BCUT2D eigenvalue weighted by Gasteiger charge is -2.10. The van der Waals surface area contributed by atoms with Gasteiger partial charge >= 0.3 is 0 Å². The van der Waals surface area contributed by atoms with Crippen LogP contribution in [-0.2, 0) is 7.05 Å². The van der Waals surface area contributed by atoms with Gasteiger partial charge in [0.2, 0.25) is 5.88 Å². The van der Waals surface area contributed by atoms with Crippen LogP contribution < -0.4 is 10.5 Å². The van der Waals surface area contributed by atoms with Crippen molar-refractivity contribution in [3.8, 4) is 11.6 Å². The van der Waals surface area contributed by atoms with Crippen LogP contribution in [0.3, 0.4) is 0 Å². The summed E-state index contributed by atoms with van der Waals surface area (Å²) in [6, 6.07) is 7.54. The molecule has 0 bridgehead atoms. The molecule has 5 heteroatoms. The van der Waals surface area contributed by atoms with Crippen molar-refractivity contribution in [2.45, 2.75) is 6.92 Å². The van der Waals surface area contributed by atoms with Gasteiger partial charge in [-0.2, -0.15) is 5.10 Å². The van der Waals surface area contributed by atoms with Crippen LogP contribution >= 0.6 is 0 Å². The summed E-state index contributed by atoms with van der Waals surface area (Å²) in [6.07, 6.45) is 3.50. The van der Waals surface area contributed by atoms with Crippen LogP contribution in [0.25, 0.3) is 10.8 Å². The molecule has 2 N–H and O–H groups in total. The predicted octanol–water partition coefficient (Wildman–Crippen LogP) is 2.65. The highest BCUT2D eigenvalue weighted by atomic mass is 16.5. The number of nitrogens with two attached hydrogens (primary N) is 1. The zero-order chi connectivity index (χ0) is 13.4. The summed E-state index contributed by atoms with van der Waals surface area (Å²) in [7, 11) is 1.84. The predicted molar refractivity (Wildman–Crippen MR) is 74.2 cm³/mol. The third-order valence-electron chi connectivity index (χ3n) is 3.00. The molecule has 19 heavy (non-hydrogen) atoms. The SMILES string of the molecule is Cc1cc(Oc2ccc3cnccc3c2N)n(C)n1. The fourth-order valence-corrected chi connectivity index (χ4v) is 2.06. The first kappa shape index (κ1) is 11.5. The number of benzene rings is 1. The zero-order valence-corrected chi connectivity index (χ0v) is 10.8. The molecule has 96 valence electrons. The average molecular weight is 254 g/mol. The van der Waals surface area contributed by atoms with Gasteiger partial charge in [-0.25, -0.2) is 4.68 Å². The summed E-state index contributed by atoms with van der Waals surface area (Å²) in [4.78, 5) is 4.07. The molecule has 0 saturated carbocycles. The van der Waals surface area contributed by atoms with Crippen molar-refractivity contribution in [1.82, 2.24) is 14.8 Å². The molecular formula is C14H14N4O. The Balaban J connectivity index is 2.06. The van der Waals surface area contributed by atoms with E-state index in [4.69, 9.17) is 10.5 Å². The van der Waals surface area contributed by atoms with E-state index in [1.807, 2.05) is 38.2 Å². The number of nitrogen functional groups attached to an aromatic ring is 1. The van der Waals surface area contributed by atoms with E-state index in [9.17, 15) is 0 Å².